The van der Waals surface area contributed by atoms with Gasteiger partial charge in [-0.3, -0.25) is 19.9 Å². The lowest BCUT2D eigenvalue weighted by Gasteiger charge is -2.21. The van der Waals surface area contributed by atoms with Gasteiger partial charge in [0, 0.05) is 11.6 Å². The van der Waals surface area contributed by atoms with Crippen LogP contribution >= 0.6 is 11.6 Å². The third kappa shape index (κ3) is 4.86. The summed E-state index contributed by atoms with van der Waals surface area (Å²) in [6.07, 6.45) is 0.436. The molecule has 1 fully saturated rings. The highest BCUT2D eigenvalue weighted by atomic mass is 35.5. The second-order valence-corrected chi connectivity index (χ2v) is 6.77. The molecule has 0 bridgehead atoms. The first-order valence-electron chi connectivity index (χ1n) is 8.28. The maximum absolute atomic E-state index is 12.2. The minimum absolute atomic E-state index is 0.0177. The van der Waals surface area contributed by atoms with Crippen LogP contribution < -0.4 is 15.5 Å². The molecule has 142 valence electrons. The van der Waals surface area contributed by atoms with Crippen molar-refractivity contribution in [1.82, 2.24) is 20.7 Å². The van der Waals surface area contributed by atoms with Gasteiger partial charge in [0.1, 0.15) is 17.9 Å². The number of carbonyl (C=O) groups excluding carboxylic acids is 3. The van der Waals surface area contributed by atoms with Crippen molar-refractivity contribution in [2.24, 2.45) is 0 Å². The minimum Gasteiger partial charge on any atom is -0.492 e. The topological polar surface area (TPSA) is 91.0 Å². The van der Waals surface area contributed by atoms with Crippen molar-refractivity contribution in [3.8, 4) is 5.75 Å². The number of amides is 4. The van der Waals surface area contributed by atoms with E-state index in [9.17, 15) is 14.4 Å². The van der Waals surface area contributed by atoms with Crippen molar-refractivity contribution >= 4 is 29.4 Å². The molecule has 0 spiro atoms. The SMILES string of the molecule is CCC1(C)NC(=O)N(NC(=O)CN(C)CCOc2ccc(Cl)cc2)C1=O. The molecule has 1 aliphatic heterocycles. The molecule has 1 aliphatic rings. The molecule has 2 rings (SSSR count). The van der Waals surface area contributed by atoms with Crippen molar-refractivity contribution in [3.05, 3.63) is 29.3 Å². The van der Waals surface area contributed by atoms with E-state index in [1.807, 2.05) is 0 Å². The Morgan fingerprint density at radius 1 is 1.35 bits per heavy atom. The van der Waals surface area contributed by atoms with Crippen LogP contribution in [0, 0.1) is 0 Å². The summed E-state index contributed by atoms with van der Waals surface area (Å²) in [5.74, 6) is -0.236. The number of likely N-dealkylation sites (N-methyl/N-ethyl adjacent to an activating group) is 1. The fraction of sp³-hybridized carbons (Fsp3) is 0.471. The van der Waals surface area contributed by atoms with E-state index in [4.69, 9.17) is 16.3 Å². The zero-order valence-corrected chi connectivity index (χ0v) is 15.8. The zero-order valence-electron chi connectivity index (χ0n) is 15.0. The van der Waals surface area contributed by atoms with Gasteiger partial charge in [-0.25, -0.2) is 4.79 Å². The van der Waals surface area contributed by atoms with Gasteiger partial charge in [0.05, 0.1) is 6.54 Å². The molecule has 26 heavy (non-hydrogen) atoms. The van der Waals surface area contributed by atoms with Crippen LogP contribution in [0.5, 0.6) is 5.75 Å². The number of ether oxygens (including phenoxy) is 1. The van der Waals surface area contributed by atoms with E-state index in [0.717, 1.165) is 5.01 Å². The van der Waals surface area contributed by atoms with Crippen LogP contribution in [0.3, 0.4) is 0 Å². The van der Waals surface area contributed by atoms with E-state index in [1.54, 1.807) is 50.1 Å². The summed E-state index contributed by atoms with van der Waals surface area (Å²) in [5.41, 5.74) is 1.37. The zero-order chi connectivity index (χ0) is 19.3. The predicted octanol–water partition coefficient (Wildman–Crippen LogP) is 1.40. The second-order valence-electron chi connectivity index (χ2n) is 6.33. The van der Waals surface area contributed by atoms with Gasteiger partial charge in [0.25, 0.3) is 11.8 Å². The van der Waals surface area contributed by atoms with Crippen LogP contribution in [0.1, 0.15) is 20.3 Å². The lowest BCUT2D eigenvalue weighted by molar-refractivity contribution is -0.139. The summed E-state index contributed by atoms with van der Waals surface area (Å²) in [7, 11) is 1.74. The average Bonchev–Trinajstić information content (AvgIpc) is 2.80. The first-order valence-corrected chi connectivity index (χ1v) is 8.66. The highest BCUT2D eigenvalue weighted by molar-refractivity contribution is 6.30. The largest absolute Gasteiger partial charge is 0.492 e. The maximum Gasteiger partial charge on any atom is 0.344 e. The number of hydrogen-bond acceptors (Lipinski definition) is 5. The quantitative estimate of drug-likeness (QED) is 0.663. The van der Waals surface area contributed by atoms with Crippen molar-refractivity contribution in [3.63, 3.8) is 0 Å². The van der Waals surface area contributed by atoms with Gasteiger partial charge in [0.15, 0.2) is 0 Å². The fourth-order valence-electron chi connectivity index (χ4n) is 2.36. The maximum atomic E-state index is 12.2. The van der Waals surface area contributed by atoms with E-state index in [2.05, 4.69) is 10.7 Å². The summed E-state index contributed by atoms with van der Waals surface area (Å²) >= 11 is 5.81. The number of hydrazine groups is 1. The molecule has 0 aromatic heterocycles. The van der Waals surface area contributed by atoms with Gasteiger partial charge < -0.3 is 10.1 Å². The van der Waals surface area contributed by atoms with Gasteiger partial charge in [0.2, 0.25) is 0 Å². The summed E-state index contributed by atoms with van der Waals surface area (Å²) in [4.78, 5) is 37.9. The third-order valence-electron chi connectivity index (χ3n) is 4.17. The Morgan fingerprint density at radius 2 is 2.00 bits per heavy atom. The Kier molecular flexibility index (Phi) is 6.44. The first-order chi connectivity index (χ1) is 12.2. The molecule has 1 heterocycles. The molecule has 9 heteroatoms. The molecule has 1 aromatic rings. The number of rotatable bonds is 8. The number of hydrogen-bond donors (Lipinski definition) is 2. The Morgan fingerprint density at radius 3 is 2.58 bits per heavy atom. The molecule has 8 nitrogen and oxygen atoms in total. The van der Waals surface area contributed by atoms with Gasteiger partial charge in [-0.15, -0.1) is 0 Å². The number of nitrogens with zero attached hydrogens (tertiary/aromatic N) is 2. The van der Waals surface area contributed by atoms with Crippen LogP contribution in [0.4, 0.5) is 4.79 Å². The van der Waals surface area contributed by atoms with E-state index < -0.39 is 23.4 Å². The minimum atomic E-state index is -0.983. The molecular formula is C17H23ClN4O4. The first kappa shape index (κ1) is 20.0. The van der Waals surface area contributed by atoms with E-state index in [1.165, 1.54) is 0 Å². The average molecular weight is 383 g/mol. The molecule has 1 saturated heterocycles. The van der Waals surface area contributed by atoms with Crippen LogP contribution in [0.15, 0.2) is 24.3 Å². The Labute approximate surface area is 157 Å². The molecule has 2 N–H and O–H groups in total. The number of imide groups is 1. The highest BCUT2D eigenvalue weighted by Crippen LogP contribution is 2.19. The van der Waals surface area contributed by atoms with Crippen molar-refractivity contribution in [2.75, 3.05) is 26.7 Å². The molecule has 1 unspecified atom stereocenters. The molecule has 0 radical (unpaired) electrons. The number of urea groups is 1. The number of nitrogens with one attached hydrogen (secondary N) is 2. The molecule has 1 aromatic carbocycles. The Bertz CT molecular complexity index is 682. The van der Waals surface area contributed by atoms with Gasteiger partial charge in [-0.05, 0) is 44.7 Å². The summed E-state index contributed by atoms with van der Waals surface area (Å²) < 4.78 is 5.56. The summed E-state index contributed by atoms with van der Waals surface area (Å²) in [6.45, 7) is 4.30. The lowest BCUT2D eigenvalue weighted by atomic mass is 10.00. The third-order valence-corrected chi connectivity index (χ3v) is 4.43. The Hall–Kier alpha value is -2.32. The molecular weight excluding hydrogens is 360 g/mol. The molecule has 1 atom stereocenters. The predicted molar refractivity (Wildman–Crippen MR) is 96.7 cm³/mol. The fourth-order valence-corrected chi connectivity index (χ4v) is 2.49. The van der Waals surface area contributed by atoms with E-state index in [0.29, 0.717) is 30.3 Å². The second kappa shape index (κ2) is 8.37. The van der Waals surface area contributed by atoms with Crippen molar-refractivity contribution in [2.45, 2.75) is 25.8 Å². The van der Waals surface area contributed by atoms with Gasteiger partial charge in [-0.1, -0.05) is 18.5 Å². The van der Waals surface area contributed by atoms with Gasteiger partial charge in [-0.2, -0.15) is 5.01 Å². The van der Waals surface area contributed by atoms with Crippen molar-refractivity contribution in [1.29, 1.82) is 0 Å². The summed E-state index contributed by atoms with van der Waals surface area (Å²) in [5, 5.41) is 3.94. The number of carbonyl (C=O) groups is 3. The monoisotopic (exact) mass is 382 g/mol. The normalized spacial score (nSPS) is 19.7. The summed E-state index contributed by atoms with van der Waals surface area (Å²) in [6, 6.07) is 6.36. The molecule has 4 amide bonds. The van der Waals surface area contributed by atoms with Crippen molar-refractivity contribution < 1.29 is 19.1 Å². The van der Waals surface area contributed by atoms with E-state index >= 15 is 0 Å². The highest BCUT2D eigenvalue weighted by Gasteiger charge is 2.47. The smallest absolute Gasteiger partial charge is 0.344 e. The number of halogens is 1. The lowest BCUT2D eigenvalue weighted by Crippen LogP contribution is -2.51. The standard InChI is InChI=1S/C17H23ClN4O4/c1-4-17(2)15(24)22(16(25)19-17)20-14(23)11-21(3)9-10-26-13-7-5-12(18)6-8-13/h5-8H,4,9-11H2,1-3H3,(H,19,25)(H,20,23). The Balaban J connectivity index is 1.76. The van der Waals surface area contributed by atoms with E-state index in [-0.39, 0.29) is 6.54 Å². The van der Waals surface area contributed by atoms with Crippen LogP contribution in [0.25, 0.3) is 0 Å². The number of benzene rings is 1. The molecule has 0 saturated carbocycles. The van der Waals surface area contributed by atoms with Crippen LogP contribution in [0.2, 0.25) is 5.02 Å². The van der Waals surface area contributed by atoms with Crippen LogP contribution in [-0.2, 0) is 9.59 Å². The molecule has 0 aliphatic carbocycles. The van der Waals surface area contributed by atoms with Gasteiger partial charge >= 0.3 is 6.03 Å². The van der Waals surface area contributed by atoms with Crippen LogP contribution in [-0.4, -0.2) is 60.0 Å².